The van der Waals surface area contributed by atoms with Crippen LogP contribution in [0.25, 0.3) is 0 Å². The van der Waals surface area contributed by atoms with Crippen LogP contribution in [0.2, 0.25) is 0 Å². The molecule has 4 unspecified atom stereocenters. The zero-order valence-corrected chi connectivity index (χ0v) is 16.4. The molecule has 1 aromatic carbocycles. The third-order valence-electron chi connectivity index (χ3n) is 6.65. The summed E-state index contributed by atoms with van der Waals surface area (Å²) >= 11 is 0. The second-order valence-electron chi connectivity index (χ2n) is 8.58. The summed E-state index contributed by atoms with van der Waals surface area (Å²) in [6.45, 7) is 4.77. The number of aryl methyl sites for hydroxylation is 1. The lowest BCUT2D eigenvalue weighted by Crippen LogP contribution is -2.33. The lowest BCUT2D eigenvalue weighted by Gasteiger charge is -2.42. The molecule has 0 aliphatic heterocycles. The lowest BCUT2D eigenvalue weighted by atomic mass is 9.64. The Balaban J connectivity index is 1.52. The molecule has 0 amide bonds. The van der Waals surface area contributed by atoms with Gasteiger partial charge < -0.3 is 4.74 Å². The molecule has 0 spiro atoms. The van der Waals surface area contributed by atoms with Crippen molar-refractivity contribution in [3.05, 3.63) is 29.3 Å². The molecular formula is C23H34F2O. The summed E-state index contributed by atoms with van der Waals surface area (Å²) < 4.78 is 34.0. The van der Waals surface area contributed by atoms with E-state index in [9.17, 15) is 8.78 Å². The first-order valence-electron chi connectivity index (χ1n) is 10.7. The molecule has 0 bridgehead atoms. The van der Waals surface area contributed by atoms with E-state index < -0.39 is 11.6 Å². The topological polar surface area (TPSA) is 9.23 Å². The van der Waals surface area contributed by atoms with Crippen molar-refractivity contribution >= 4 is 0 Å². The van der Waals surface area contributed by atoms with Crippen molar-refractivity contribution in [1.29, 1.82) is 0 Å². The Kier molecular flexibility index (Phi) is 6.94. The summed E-state index contributed by atoms with van der Waals surface area (Å²) in [6.07, 6.45) is 11.8. The predicted molar refractivity (Wildman–Crippen MR) is 102 cm³/mol. The quantitative estimate of drug-likeness (QED) is 0.510. The van der Waals surface area contributed by atoms with Crippen molar-refractivity contribution in [2.24, 2.45) is 23.7 Å². The molecule has 4 atom stereocenters. The van der Waals surface area contributed by atoms with Crippen LogP contribution in [0, 0.1) is 35.3 Å². The minimum Gasteiger partial charge on any atom is -0.490 e. The van der Waals surface area contributed by atoms with Gasteiger partial charge in [0.25, 0.3) is 0 Å². The van der Waals surface area contributed by atoms with Crippen LogP contribution in [0.1, 0.15) is 77.2 Å². The number of ether oxygens (including phenoxy) is 1. The Morgan fingerprint density at radius 2 is 1.58 bits per heavy atom. The van der Waals surface area contributed by atoms with Gasteiger partial charge in [0.05, 0.1) is 6.61 Å². The number of fused-ring (bicyclic) bond motifs is 1. The van der Waals surface area contributed by atoms with Gasteiger partial charge in [-0.1, -0.05) is 45.6 Å². The normalized spacial score (nSPS) is 28.6. The van der Waals surface area contributed by atoms with E-state index in [1.807, 2.05) is 6.92 Å². The van der Waals surface area contributed by atoms with E-state index in [1.165, 1.54) is 44.9 Å². The molecular weight excluding hydrogens is 330 g/mol. The third-order valence-corrected chi connectivity index (χ3v) is 6.65. The Bertz CT molecular complexity index is 586. The Hall–Kier alpha value is -1.12. The van der Waals surface area contributed by atoms with Gasteiger partial charge in [0, 0.05) is 0 Å². The smallest absolute Gasteiger partial charge is 0.200 e. The number of rotatable bonds is 7. The van der Waals surface area contributed by atoms with Gasteiger partial charge in [0.2, 0.25) is 5.82 Å². The Morgan fingerprint density at radius 3 is 2.27 bits per heavy atom. The van der Waals surface area contributed by atoms with E-state index in [2.05, 4.69) is 6.92 Å². The molecule has 2 fully saturated rings. The average molecular weight is 365 g/mol. The monoisotopic (exact) mass is 364 g/mol. The van der Waals surface area contributed by atoms with Crippen molar-refractivity contribution < 1.29 is 13.5 Å². The highest BCUT2D eigenvalue weighted by Gasteiger charge is 2.35. The minimum absolute atomic E-state index is 0.0798. The zero-order valence-electron chi connectivity index (χ0n) is 16.4. The molecule has 1 aromatic rings. The maximum atomic E-state index is 14.2. The number of benzene rings is 1. The van der Waals surface area contributed by atoms with Crippen LogP contribution in [-0.2, 0) is 6.42 Å². The van der Waals surface area contributed by atoms with Gasteiger partial charge in [-0.3, -0.25) is 0 Å². The van der Waals surface area contributed by atoms with Gasteiger partial charge in [-0.15, -0.1) is 0 Å². The van der Waals surface area contributed by atoms with Crippen molar-refractivity contribution in [3.8, 4) is 5.75 Å². The average Bonchev–Trinajstić information content (AvgIpc) is 2.65. The second kappa shape index (κ2) is 9.19. The summed E-state index contributed by atoms with van der Waals surface area (Å²) in [5.74, 6) is 1.66. The maximum absolute atomic E-state index is 14.2. The molecule has 2 saturated carbocycles. The third kappa shape index (κ3) is 4.58. The van der Waals surface area contributed by atoms with E-state index in [0.717, 1.165) is 30.6 Å². The first-order valence-corrected chi connectivity index (χ1v) is 10.7. The van der Waals surface area contributed by atoms with Crippen LogP contribution in [0.4, 0.5) is 8.78 Å². The molecule has 0 heterocycles. The summed E-state index contributed by atoms with van der Waals surface area (Å²) in [5, 5.41) is 0. The fraction of sp³-hybridized carbons (Fsp3) is 0.739. The van der Waals surface area contributed by atoms with Crippen LogP contribution >= 0.6 is 0 Å². The van der Waals surface area contributed by atoms with Crippen LogP contribution in [0.3, 0.4) is 0 Å². The summed E-state index contributed by atoms with van der Waals surface area (Å²) in [5.41, 5.74) is 0.446. The first kappa shape index (κ1) is 19.6. The molecule has 0 aromatic heterocycles. The summed E-state index contributed by atoms with van der Waals surface area (Å²) in [6, 6.07) is 3.27. The van der Waals surface area contributed by atoms with Crippen LogP contribution in [-0.4, -0.2) is 6.61 Å². The van der Waals surface area contributed by atoms with Crippen molar-refractivity contribution in [3.63, 3.8) is 0 Å². The molecule has 0 saturated heterocycles. The van der Waals surface area contributed by atoms with E-state index in [0.29, 0.717) is 24.5 Å². The largest absolute Gasteiger partial charge is 0.490 e. The molecule has 3 rings (SSSR count). The van der Waals surface area contributed by atoms with Gasteiger partial charge in [-0.05, 0) is 73.8 Å². The minimum atomic E-state index is -0.815. The number of hydrogen-bond acceptors (Lipinski definition) is 1. The highest BCUT2D eigenvalue weighted by Crippen LogP contribution is 2.45. The number of hydrogen-bond donors (Lipinski definition) is 0. The first-order chi connectivity index (χ1) is 12.6. The SMILES string of the molecule is CCCc1ccc(OCC2CCC3CC(CCC)CCC3C2)c(F)c1F. The zero-order chi connectivity index (χ0) is 18.5. The summed E-state index contributed by atoms with van der Waals surface area (Å²) in [4.78, 5) is 0. The lowest BCUT2D eigenvalue weighted by molar-refractivity contribution is 0.0739. The van der Waals surface area contributed by atoms with Crippen LogP contribution in [0.15, 0.2) is 12.1 Å². The van der Waals surface area contributed by atoms with Gasteiger partial charge in [-0.25, -0.2) is 4.39 Å². The molecule has 0 N–H and O–H groups in total. The van der Waals surface area contributed by atoms with Crippen LogP contribution < -0.4 is 4.74 Å². The van der Waals surface area contributed by atoms with E-state index in [-0.39, 0.29) is 5.75 Å². The Morgan fingerprint density at radius 1 is 0.885 bits per heavy atom. The highest BCUT2D eigenvalue weighted by molar-refractivity contribution is 5.31. The predicted octanol–water partition coefficient (Wildman–Crippen LogP) is 6.93. The molecule has 26 heavy (non-hydrogen) atoms. The highest BCUT2D eigenvalue weighted by atomic mass is 19.2. The molecule has 146 valence electrons. The summed E-state index contributed by atoms with van der Waals surface area (Å²) in [7, 11) is 0. The van der Waals surface area contributed by atoms with Gasteiger partial charge in [0.1, 0.15) is 0 Å². The van der Waals surface area contributed by atoms with Gasteiger partial charge >= 0.3 is 0 Å². The maximum Gasteiger partial charge on any atom is 0.200 e. The molecule has 2 aliphatic carbocycles. The fourth-order valence-corrected chi connectivity index (χ4v) is 5.26. The Labute approximate surface area is 157 Å². The fourth-order valence-electron chi connectivity index (χ4n) is 5.26. The van der Waals surface area contributed by atoms with Gasteiger partial charge in [-0.2, -0.15) is 4.39 Å². The van der Waals surface area contributed by atoms with Crippen molar-refractivity contribution in [2.45, 2.75) is 78.1 Å². The van der Waals surface area contributed by atoms with E-state index in [4.69, 9.17) is 4.74 Å². The molecule has 3 heteroatoms. The molecule has 0 radical (unpaired) electrons. The second-order valence-corrected chi connectivity index (χ2v) is 8.58. The number of halogens is 2. The van der Waals surface area contributed by atoms with Gasteiger partial charge in [0.15, 0.2) is 11.6 Å². The van der Waals surface area contributed by atoms with E-state index in [1.54, 1.807) is 12.1 Å². The van der Waals surface area contributed by atoms with Crippen molar-refractivity contribution in [1.82, 2.24) is 0 Å². The van der Waals surface area contributed by atoms with Crippen LogP contribution in [0.5, 0.6) is 5.75 Å². The van der Waals surface area contributed by atoms with Crippen molar-refractivity contribution in [2.75, 3.05) is 6.61 Å². The molecule has 1 nitrogen and oxygen atoms in total. The standard InChI is InChI=1S/C23H34F2O/c1-3-5-16-7-9-20-14-17(8-10-19(20)13-16)15-26-21-12-11-18(6-4-2)22(24)23(21)25/h11-12,16-17,19-20H,3-10,13-15H2,1-2H3. The molecule has 2 aliphatic rings. The van der Waals surface area contributed by atoms with E-state index >= 15 is 0 Å².